The molecule has 0 aliphatic heterocycles. The van der Waals surface area contributed by atoms with Crippen LogP contribution in [0.1, 0.15) is 16.7 Å². The lowest BCUT2D eigenvalue weighted by Crippen LogP contribution is -2.31. The van der Waals surface area contributed by atoms with Crippen molar-refractivity contribution < 1.29 is 13.5 Å². The van der Waals surface area contributed by atoms with Gasteiger partial charge in [-0.2, -0.15) is 0 Å². The molecular formula is C25H22N4O5S. The first kappa shape index (κ1) is 23.7. The largest absolute Gasteiger partial charge is 0.493 e. The van der Waals surface area contributed by atoms with Gasteiger partial charge in [0, 0.05) is 11.9 Å². The Morgan fingerprint density at radius 2 is 1.46 bits per heavy atom. The minimum absolute atomic E-state index is 0.0330. The number of nitrogens with zero attached hydrogens (tertiary/aromatic N) is 2. The Morgan fingerprint density at radius 1 is 0.886 bits per heavy atom. The first-order valence-electron chi connectivity index (χ1n) is 10.5. The van der Waals surface area contributed by atoms with Crippen molar-refractivity contribution in [2.24, 2.45) is 4.99 Å². The molecule has 1 heterocycles. The minimum atomic E-state index is -3.80. The van der Waals surface area contributed by atoms with Crippen molar-refractivity contribution in [2.75, 3.05) is 4.72 Å². The van der Waals surface area contributed by atoms with Gasteiger partial charge in [-0.15, -0.1) is 0 Å². The quantitative estimate of drug-likeness (QED) is 0.356. The van der Waals surface area contributed by atoms with Crippen LogP contribution in [0.15, 0.2) is 92.3 Å². The van der Waals surface area contributed by atoms with E-state index in [1.807, 2.05) is 13.8 Å². The number of benzene rings is 3. The minimum Gasteiger partial charge on any atom is -0.493 e. The van der Waals surface area contributed by atoms with Crippen LogP contribution >= 0.6 is 0 Å². The predicted octanol–water partition coefficient (Wildman–Crippen LogP) is 3.40. The van der Waals surface area contributed by atoms with Gasteiger partial charge in [0.05, 0.1) is 16.3 Å². The first-order chi connectivity index (χ1) is 16.6. The van der Waals surface area contributed by atoms with Crippen molar-refractivity contribution in [3.63, 3.8) is 0 Å². The monoisotopic (exact) mass is 490 g/mol. The Kier molecular flexibility index (Phi) is 6.39. The Labute approximate surface area is 201 Å². The molecule has 35 heavy (non-hydrogen) atoms. The molecule has 4 aromatic rings. The summed E-state index contributed by atoms with van der Waals surface area (Å²) in [6.07, 6.45) is 1.12. The van der Waals surface area contributed by atoms with Crippen LogP contribution in [0, 0.1) is 13.8 Å². The number of hydrogen-bond donors (Lipinski definition) is 3. The third-order valence-electron chi connectivity index (χ3n) is 5.21. The van der Waals surface area contributed by atoms with Gasteiger partial charge in [-0.1, -0.05) is 35.4 Å². The van der Waals surface area contributed by atoms with Crippen LogP contribution in [-0.4, -0.2) is 29.3 Å². The average Bonchev–Trinajstić information content (AvgIpc) is 2.81. The van der Waals surface area contributed by atoms with Crippen molar-refractivity contribution >= 4 is 27.6 Å². The van der Waals surface area contributed by atoms with Crippen molar-refractivity contribution in [1.29, 1.82) is 0 Å². The zero-order valence-corrected chi connectivity index (χ0v) is 19.7. The molecule has 9 nitrogen and oxygen atoms in total. The summed E-state index contributed by atoms with van der Waals surface area (Å²) in [5.41, 5.74) is 1.32. The van der Waals surface area contributed by atoms with Crippen molar-refractivity contribution in [3.8, 4) is 11.6 Å². The smallest absolute Gasteiger partial charge is 0.335 e. The molecule has 0 saturated heterocycles. The fraction of sp³-hybridized carbons (Fsp3) is 0.0800. The molecule has 3 aromatic carbocycles. The molecule has 0 fully saturated rings. The van der Waals surface area contributed by atoms with E-state index in [0.29, 0.717) is 17.1 Å². The second-order valence-corrected chi connectivity index (χ2v) is 9.57. The predicted molar refractivity (Wildman–Crippen MR) is 135 cm³/mol. The van der Waals surface area contributed by atoms with E-state index in [1.165, 1.54) is 24.3 Å². The Balaban J connectivity index is 1.60. The standard InChI is InChI=1S/C25H22N4O5S/c1-16-3-7-19(8-4-16)28-35(33,34)21-13-9-18(10-14-21)26-15-22-23(30)27-25(32)29(24(22)31)20-11-5-17(2)6-12-20/h3-15,28,31H,1-2H3,(H,27,30,32). The normalized spacial score (nSPS) is 11.6. The molecule has 178 valence electrons. The molecule has 0 amide bonds. The van der Waals surface area contributed by atoms with E-state index >= 15 is 0 Å². The molecule has 0 aliphatic rings. The molecule has 0 aliphatic carbocycles. The Hall–Kier alpha value is -4.44. The molecule has 4 rings (SSSR count). The number of H-pyrrole nitrogens is 1. The number of anilines is 1. The Morgan fingerprint density at radius 3 is 2.06 bits per heavy atom. The highest BCUT2D eigenvalue weighted by atomic mass is 32.2. The summed E-state index contributed by atoms with van der Waals surface area (Å²) in [6, 6.07) is 19.4. The van der Waals surface area contributed by atoms with E-state index in [-0.39, 0.29) is 10.5 Å². The van der Waals surface area contributed by atoms with E-state index in [0.717, 1.165) is 21.9 Å². The molecule has 1 aromatic heterocycles. The van der Waals surface area contributed by atoms with Crippen LogP contribution in [0.4, 0.5) is 11.4 Å². The number of aryl methyl sites for hydroxylation is 2. The maximum Gasteiger partial charge on any atom is 0.335 e. The van der Waals surface area contributed by atoms with Crippen molar-refractivity contribution in [1.82, 2.24) is 9.55 Å². The van der Waals surface area contributed by atoms with Crippen LogP contribution < -0.4 is 16.0 Å². The number of aliphatic imine (C=N–C) groups is 1. The summed E-state index contributed by atoms with van der Waals surface area (Å²) in [7, 11) is -3.80. The van der Waals surface area contributed by atoms with Crippen LogP contribution in [0.25, 0.3) is 5.69 Å². The molecule has 0 spiro atoms. The molecule has 0 atom stereocenters. The number of nitrogens with one attached hydrogen (secondary N) is 2. The number of hydrogen-bond acceptors (Lipinski definition) is 6. The van der Waals surface area contributed by atoms with Gasteiger partial charge in [0.15, 0.2) is 0 Å². The van der Waals surface area contributed by atoms with Gasteiger partial charge in [0.2, 0.25) is 5.88 Å². The van der Waals surface area contributed by atoms with Crippen molar-refractivity contribution in [2.45, 2.75) is 18.7 Å². The van der Waals surface area contributed by atoms with Crippen LogP contribution in [0.5, 0.6) is 5.88 Å². The second-order valence-electron chi connectivity index (χ2n) is 7.89. The molecule has 0 unspecified atom stereocenters. The van der Waals surface area contributed by atoms with Crippen molar-refractivity contribution in [3.05, 3.63) is 110 Å². The summed E-state index contributed by atoms with van der Waals surface area (Å²) in [5, 5.41) is 10.6. The van der Waals surface area contributed by atoms with E-state index in [9.17, 15) is 23.1 Å². The van der Waals surface area contributed by atoms with Gasteiger partial charge in [-0.25, -0.2) is 17.8 Å². The lowest BCUT2D eigenvalue weighted by Gasteiger charge is -2.10. The number of aromatic nitrogens is 2. The van der Waals surface area contributed by atoms with Gasteiger partial charge in [-0.05, 0) is 62.4 Å². The molecular weight excluding hydrogens is 468 g/mol. The summed E-state index contributed by atoms with van der Waals surface area (Å²) in [6.45, 7) is 3.79. The van der Waals surface area contributed by atoms with Crippen LogP contribution in [-0.2, 0) is 10.0 Å². The fourth-order valence-corrected chi connectivity index (χ4v) is 4.33. The van der Waals surface area contributed by atoms with E-state index in [4.69, 9.17) is 0 Å². The molecule has 0 bridgehead atoms. The number of aromatic hydroxyl groups is 1. The number of sulfonamides is 1. The zero-order valence-electron chi connectivity index (χ0n) is 18.9. The van der Waals surface area contributed by atoms with Crippen LogP contribution in [0.3, 0.4) is 0 Å². The first-order valence-corrected chi connectivity index (χ1v) is 12.0. The van der Waals surface area contributed by atoms with E-state index < -0.39 is 27.2 Å². The number of aromatic amines is 1. The average molecular weight is 491 g/mol. The Bertz CT molecular complexity index is 1620. The van der Waals surface area contributed by atoms with Gasteiger partial charge in [0.25, 0.3) is 15.6 Å². The number of rotatable bonds is 6. The topological polar surface area (TPSA) is 134 Å². The highest BCUT2D eigenvalue weighted by molar-refractivity contribution is 7.92. The second kappa shape index (κ2) is 9.43. The molecule has 0 saturated carbocycles. The van der Waals surface area contributed by atoms with Crippen LogP contribution in [0.2, 0.25) is 0 Å². The summed E-state index contributed by atoms with van der Waals surface area (Å²) in [4.78, 5) is 30.9. The molecule has 3 N–H and O–H groups in total. The zero-order chi connectivity index (χ0) is 25.2. The molecule has 0 radical (unpaired) electrons. The molecule has 10 heteroatoms. The maximum absolute atomic E-state index is 12.6. The SMILES string of the molecule is Cc1ccc(NS(=O)(=O)c2ccc(N=Cc3c(O)n(-c4ccc(C)cc4)c(=O)[nH]c3=O)cc2)cc1. The summed E-state index contributed by atoms with van der Waals surface area (Å²) in [5.74, 6) is -0.562. The lowest BCUT2D eigenvalue weighted by atomic mass is 10.2. The van der Waals surface area contributed by atoms with E-state index in [1.54, 1.807) is 48.5 Å². The third-order valence-corrected chi connectivity index (χ3v) is 6.60. The van der Waals surface area contributed by atoms with Gasteiger partial charge in [0.1, 0.15) is 5.56 Å². The van der Waals surface area contributed by atoms with Gasteiger partial charge < -0.3 is 5.11 Å². The lowest BCUT2D eigenvalue weighted by molar-refractivity contribution is 0.430. The third kappa shape index (κ3) is 5.22. The summed E-state index contributed by atoms with van der Waals surface area (Å²) >= 11 is 0. The van der Waals surface area contributed by atoms with E-state index in [2.05, 4.69) is 14.7 Å². The highest BCUT2D eigenvalue weighted by Crippen LogP contribution is 2.21. The fourth-order valence-electron chi connectivity index (χ4n) is 3.27. The highest BCUT2D eigenvalue weighted by Gasteiger charge is 2.15. The van der Waals surface area contributed by atoms with Gasteiger partial charge in [-0.3, -0.25) is 19.5 Å². The van der Waals surface area contributed by atoms with Gasteiger partial charge >= 0.3 is 5.69 Å². The maximum atomic E-state index is 12.6. The summed E-state index contributed by atoms with van der Waals surface area (Å²) < 4.78 is 28.7.